The molecule has 0 unspecified atom stereocenters. The quantitative estimate of drug-likeness (QED) is 0.921. The van der Waals surface area contributed by atoms with Gasteiger partial charge in [0.25, 0.3) is 5.91 Å². The van der Waals surface area contributed by atoms with Crippen LogP contribution in [0.1, 0.15) is 28.9 Å². The Morgan fingerprint density at radius 3 is 2.94 bits per heavy atom. The van der Waals surface area contributed by atoms with Crippen molar-refractivity contribution < 1.29 is 4.79 Å². The van der Waals surface area contributed by atoms with Crippen LogP contribution in [0.2, 0.25) is 0 Å². The molecular formula is C13H17BrN2OS. The lowest BCUT2D eigenvalue weighted by molar-refractivity contribution is 0.0951. The van der Waals surface area contributed by atoms with Crippen molar-refractivity contribution in [1.29, 1.82) is 0 Å². The molecule has 1 atom stereocenters. The van der Waals surface area contributed by atoms with Crippen molar-refractivity contribution in [3.05, 3.63) is 20.8 Å². The normalized spacial score (nSPS) is 24.4. The molecule has 1 saturated heterocycles. The molecule has 0 aromatic carbocycles. The van der Waals surface area contributed by atoms with E-state index in [0.29, 0.717) is 5.92 Å². The minimum absolute atomic E-state index is 0.0653. The number of halogens is 1. The Bertz CT molecular complexity index is 444. The van der Waals surface area contributed by atoms with Gasteiger partial charge in [0, 0.05) is 19.1 Å². The fourth-order valence-corrected chi connectivity index (χ4v) is 3.86. The van der Waals surface area contributed by atoms with Gasteiger partial charge in [-0.3, -0.25) is 4.79 Å². The number of amides is 1. The molecule has 1 aromatic heterocycles. The van der Waals surface area contributed by atoms with Crippen LogP contribution in [0.4, 0.5) is 0 Å². The number of carbonyl (C=O) groups excluding carboxylic acids is 1. The number of thiophene rings is 1. The topological polar surface area (TPSA) is 32.3 Å². The minimum atomic E-state index is 0.0653. The van der Waals surface area contributed by atoms with E-state index < -0.39 is 0 Å². The summed E-state index contributed by atoms with van der Waals surface area (Å²) in [7, 11) is 0. The predicted molar refractivity (Wildman–Crippen MR) is 77.1 cm³/mol. The molecule has 98 valence electrons. The molecule has 3 nitrogen and oxygen atoms in total. The van der Waals surface area contributed by atoms with E-state index >= 15 is 0 Å². The summed E-state index contributed by atoms with van der Waals surface area (Å²) in [6.07, 6.45) is 3.98. The van der Waals surface area contributed by atoms with E-state index in [-0.39, 0.29) is 5.91 Å². The Kier molecular flexibility index (Phi) is 3.73. The molecule has 5 heteroatoms. The predicted octanol–water partition coefficient (Wildman–Crippen LogP) is 2.72. The highest BCUT2D eigenvalue weighted by Gasteiger charge is 2.34. The summed E-state index contributed by atoms with van der Waals surface area (Å²) in [6, 6.07) is 4.65. The van der Waals surface area contributed by atoms with Crippen LogP contribution in [0.15, 0.2) is 15.9 Å². The number of nitrogens with zero attached hydrogens (tertiary/aromatic N) is 1. The SMILES string of the molecule is O=C(NC[C@@H]1CCN(C2CC2)C1)c1ccc(Br)s1. The Morgan fingerprint density at radius 2 is 2.28 bits per heavy atom. The highest BCUT2D eigenvalue weighted by Crippen LogP contribution is 2.31. The zero-order valence-electron chi connectivity index (χ0n) is 10.2. The minimum Gasteiger partial charge on any atom is -0.351 e. The molecule has 1 saturated carbocycles. The summed E-state index contributed by atoms with van der Waals surface area (Å²) in [6.45, 7) is 3.20. The summed E-state index contributed by atoms with van der Waals surface area (Å²) in [5.41, 5.74) is 0. The fraction of sp³-hybridized carbons (Fsp3) is 0.615. The number of hydrogen-bond donors (Lipinski definition) is 1. The molecule has 1 aromatic rings. The molecule has 2 heterocycles. The zero-order valence-corrected chi connectivity index (χ0v) is 12.6. The van der Waals surface area contributed by atoms with E-state index in [1.807, 2.05) is 12.1 Å². The molecule has 1 amide bonds. The highest BCUT2D eigenvalue weighted by atomic mass is 79.9. The van der Waals surface area contributed by atoms with Gasteiger partial charge in [0.05, 0.1) is 8.66 Å². The third kappa shape index (κ3) is 2.95. The zero-order chi connectivity index (χ0) is 12.5. The second-order valence-corrected chi connectivity index (χ2v) is 7.66. The number of hydrogen-bond acceptors (Lipinski definition) is 3. The third-order valence-corrected chi connectivity index (χ3v) is 5.35. The highest BCUT2D eigenvalue weighted by molar-refractivity contribution is 9.11. The smallest absolute Gasteiger partial charge is 0.261 e. The first-order chi connectivity index (χ1) is 8.72. The first kappa shape index (κ1) is 12.6. The van der Waals surface area contributed by atoms with Gasteiger partial charge in [-0.15, -0.1) is 11.3 Å². The van der Waals surface area contributed by atoms with Crippen molar-refractivity contribution in [3.8, 4) is 0 Å². The number of nitrogens with one attached hydrogen (secondary N) is 1. The van der Waals surface area contributed by atoms with Gasteiger partial charge in [-0.1, -0.05) is 0 Å². The maximum atomic E-state index is 11.9. The maximum Gasteiger partial charge on any atom is 0.261 e. The lowest BCUT2D eigenvalue weighted by atomic mass is 10.1. The lowest BCUT2D eigenvalue weighted by Crippen LogP contribution is -2.31. The molecule has 0 bridgehead atoms. The van der Waals surface area contributed by atoms with Gasteiger partial charge in [-0.2, -0.15) is 0 Å². The van der Waals surface area contributed by atoms with Crippen molar-refractivity contribution in [3.63, 3.8) is 0 Å². The summed E-state index contributed by atoms with van der Waals surface area (Å²) in [4.78, 5) is 15.3. The Labute approximate surface area is 120 Å². The molecule has 2 aliphatic rings. The average molecular weight is 329 g/mol. The van der Waals surface area contributed by atoms with Gasteiger partial charge < -0.3 is 10.2 Å². The second kappa shape index (κ2) is 5.31. The molecule has 1 aliphatic heterocycles. The molecule has 0 spiro atoms. The van der Waals surface area contributed by atoms with Crippen LogP contribution < -0.4 is 5.32 Å². The van der Waals surface area contributed by atoms with Crippen LogP contribution >= 0.6 is 27.3 Å². The van der Waals surface area contributed by atoms with Crippen LogP contribution in [-0.4, -0.2) is 36.5 Å². The van der Waals surface area contributed by atoms with Crippen LogP contribution in [0.5, 0.6) is 0 Å². The average Bonchev–Trinajstić information content (AvgIpc) is 2.95. The summed E-state index contributed by atoms with van der Waals surface area (Å²) < 4.78 is 1.01. The van der Waals surface area contributed by atoms with E-state index in [9.17, 15) is 4.79 Å². The van der Waals surface area contributed by atoms with Crippen LogP contribution in [-0.2, 0) is 0 Å². The van der Waals surface area contributed by atoms with Gasteiger partial charge in [-0.05, 0) is 59.8 Å². The van der Waals surface area contributed by atoms with Crippen molar-refractivity contribution in [2.75, 3.05) is 19.6 Å². The number of carbonyl (C=O) groups is 1. The standard InChI is InChI=1S/C13H17BrN2OS/c14-12-4-3-11(18-12)13(17)15-7-9-5-6-16(8-9)10-1-2-10/h3-4,9-10H,1-2,5-8H2,(H,15,17)/t9-/m0/s1. The monoisotopic (exact) mass is 328 g/mol. The second-order valence-electron chi connectivity index (χ2n) is 5.19. The van der Waals surface area contributed by atoms with E-state index in [4.69, 9.17) is 0 Å². The first-order valence-electron chi connectivity index (χ1n) is 6.50. The summed E-state index contributed by atoms with van der Waals surface area (Å²) in [5.74, 6) is 0.702. The molecular weight excluding hydrogens is 312 g/mol. The molecule has 3 rings (SSSR count). The number of rotatable bonds is 4. The van der Waals surface area contributed by atoms with Crippen molar-refractivity contribution in [2.24, 2.45) is 5.92 Å². The van der Waals surface area contributed by atoms with Crippen molar-refractivity contribution in [2.45, 2.75) is 25.3 Å². The maximum absolute atomic E-state index is 11.9. The van der Waals surface area contributed by atoms with E-state index in [1.54, 1.807) is 0 Å². The molecule has 2 fully saturated rings. The Hall–Kier alpha value is -0.390. The van der Waals surface area contributed by atoms with Crippen molar-refractivity contribution in [1.82, 2.24) is 10.2 Å². The molecule has 18 heavy (non-hydrogen) atoms. The third-order valence-electron chi connectivity index (χ3n) is 3.73. The summed E-state index contributed by atoms with van der Waals surface area (Å²) >= 11 is 4.87. The van der Waals surface area contributed by atoms with E-state index in [1.165, 1.54) is 43.7 Å². The van der Waals surface area contributed by atoms with Gasteiger partial charge in [0.15, 0.2) is 0 Å². The molecule has 1 N–H and O–H groups in total. The largest absolute Gasteiger partial charge is 0.351 e. The molecule has 0 radical (unpaired) electrons. The van der Waals surface area contributed by atoms with Gasteiger partial charge in [0.1, 0.15) is 0 Å². The first-order valence-corrected chi connectivity index (χ1v) is 8.11. The van der Waals surface area contributed by atoms with Crippen LogP contribution in [0.3, 0.4) is 0 Å². The van der Waals surface area contributed by atoms with Gasteiger partial charge in [-0.25, -0.2) is 0 Å². The van der Waals surface area contributed by atoms with Crippen LogP contribution in [0.25, 0.3) is 0 Å². The van der Waals surface area contributed by atoms with E-state index in [2.05, 4.69) is 26.1 Å². The van der Waals surface area contributed by atoms with Crippen molar-refractivity contribution >= 4 is 33.2 Å². The lowest BCUT2D eigenvalue weighted by Gasteiger charge is -2.14. The molecule has 1 aliphatic carbocycles. The fourth-order valence-electron chi connectivity index (χ4n) is 2.56. The van der Waals surface area contributed by atoms with Gasteiger partial charge in [0.2, 0.25) is 0 Å². The Morgan fingerprint density at radius 1 is 1.44 bits per heavy atom. The van der Waals surface area contributed by atoms with E-state index in [0.717, 1.165) is 21.3 Å². The number of likely N-dealkylation sites (tertiary alicyclic amines) is 1. The van der Waals surface area contributed by atoms with Crippen LogP contribution in [0, 0.1) is 5.92 Å². The Balaban J connectivity index is 1.45. The summed E-state index contributed by atoms with van der Waals surface area (Å²) in [5, 5.41) is 3.06. The van der Waals surface area contributed by atoms with Gasteiger partial charge >= 0.3 is 0 Å².